The monoisotopic (exact) mass is 1170 g/mol. The second-order valence-electron chi connectivity index (χ2n) is 21.4. The maximum atomic E-state index is 13.0. The lowest BCUT2D eigenvalue weighted by atomic mass is 9.36. The third-order valence-electron chi connectivity index (χ3n) is 16.7. The summed E-state index contributed by atoms with van der Waals surface area (Å²) < 4.78 is 58.8. The number of aliphatic carboxylic acids is 1. The summed E-state index contributed by atoms with van der Waals surface area (Å²) in [5, 5.41) is 23.2. The molecule has 0 bridgehead atoms. The number of esters is 6. The number of allylic oxidation sites excluding steroid dienone is 2. The number of carbonyl (C=O) groups is 7. The van der Waals surface area contributed by atoms with Crippen LogP contribution in [-0.4, -0.2) is 156 Å². The van der Waals surface area contributed by atoms with Gasteiger partial charge in [-0.3, -0.25) is 28.8 Å². The predicted molar refractivity (Wildman–Crippen MR) is 273 cm³/mol. The van der Waals surface area contributed by atoms with E-state index in [2.05, 4.69) is 27.7 Å². The van der Waals surface area contributed by atoms with Crippen LogP contribution in [0.4, 0.5) is 0 Å². The zero-order valence-corrected chi connectivity index (χ0v) is 47.3. The topological polar surface area (TPSA) is 252 Å². The van der Waals surface area contributed by atoms with E-state index in [1.165, 1.54) is 19.1 Å². The minimum Gasteiger partial charge on any atom is -0.478 e. The molecule has 3 unspecified atom stereocenters. The van der Waals surface area contributed by atoms with Gasteiger partial charge in [0.1, 0.15) is 54.3 Å². The number of aliphatic hydroxyl groups is 1. The molecule has 0 radical (unpaired) electrons. The maximum absolute atomic E-state index is 13.0. The van der Waals surface area contributed by atoms with Gasteiger partial charge < -0.3 is 57.6 Å². The molecule has 2 N–H and O–H groups in total. The molecule has 6 aliphatic rings. The lowest BCUT2D eigenvalue weighted by molar-refractivity contribution is -0.339. The van der Waals surface area contributed by atoms with Crippen LogP contribution in [-0.2, 0) is 80.9 Å². The molecule has 19 nitrogen and oxygen atoms in total. The first-order chi connectivity index (χ1) is 35.9. The lowest BCUT2D eigenvalue weighted by Gasteiger charge is -2.69. The Hall–Kier alpha value is -3.24. The summed E-state index contributed by atoms with van der Waals surface area (Å²) in [5.74, 6) is -10.3. The molecule has 0 amide bonds. The summed E-state index contributed by atoms with van der Waals surface area (Å²) in [4.78, 5) is 88.9. The van der Waals surface area contributed by atoms with E-state index >= 15 is 0 Å². The predicted octanol–water partition coefficient (Wildman–Crippen LogP) is 7.05. The summed E-state index contributed by atoms with van der Waals surface area (Å²) in [6.07, 6.45) is -5.36. The normalized spacial score (nSPS) is 38.2. The molecule has 0 aromatic heterocycles. The number of carbonyl (C=O) groups excluding carboxylic acids is 6. The van der Waals surface area contributed by atoms with Gasteiger partial charge in [-0.2, -0.15) is 0 Å². The molecule has 4 saturated carbocycles. The van der Waals surface area contributed by atoms with Crippen LogP contribution in [0.2, 0.25) is 0 Å². The van der Waals surface area contributed by atoms with Crippen LogP contribution in [0, 0.1) is 39.9 Å². The fourth-order valence-electron chi connectivity index (χ4n) is 13.6. The highest BCUT2D eigenvalue weighted by molar-refractivity contribution is 6.27. The van der Waals surface area contributed by atoms with Gasteiger partial charge in [-0.25, -0.2) is 4.79 Å². The molecule has 24 heteroatoms. The van der Waals surface area contributed by atoms with E-state index < -0.39 is 162 Å². The molecular weight excluding hydrogens is 1110 g/mol. The van der Waals surface area contributed by atoms with E-state index in [1.54, 1.807) is 0 Å². The second kappa shape index (κ2) is 26.4. The molecule has 2 heterocycles. The van der Waals surface area contributed by atoms with Gasteiger partial charge in [0.2, 0.25) is 6.29 Å². The van der Waals surface area contributed by atoms with Gasteiger partial charge in [-0.1, -0.05) is 39.3 Å². The summed E-state index contributed by atoms with van der Waals surface area (Å²) in [6.45, 7) is 13.3. The average molecular weight is 1180 g/mol. The zero-order valence-electron chi connectivity index (χ0n) is 43.5. The number of halogens is 5. The number of rotatable bonds is 20. The molecule has 76 heavy (non-hydrogen) atoms. The molecule has 4 aliphatic carbocycles. The van der Waals surface area contributed by atoms with Crippen molar-refractivity contribution >= 4 is 99.8 Å². The van der Waals surface area contributed by atoms with E-state index in [0.29, 0.717) is 44.1 Å². The summed E-state index contributed by atoms with van der Waals surface area (Å²) in [7, 11) is 0. The Morgan fingerprint density at radius 1 is 0.724 bits per heavy atom. The van der Waals surface area contributed by atoms with Crippen molar-refractivity contribution in [2.24, 2.45) is 39.9 Å². The van der Waals surface area contributed by atoms with Crippen LogP contribution in [0.15, 0.2) is 34.9 Å². The van der Waals surface area contributed by atoms with Crippen LogP contribution in [0.1, 0.15) is 99.8 Å². The third kappa shape index (κ3) is 13.3. The Morgan fingerprint density at radius 2 is 1.33 bits per heavy atom. The van der Waals surface area contributed by atoms with E-state index in [0.717, 1.165) is 12.0 Å². The second-order valence-corrected chi connectivity index (χ2v) is 22.7. The Bertz CT molecular complexity index is 2260. The largest absolute Gasteiger partial charge is 0.478 e. The highest BCUT2D eigenvalue weighted by Crippen LogP contribution is 2.74. The highest BCUT2D eigenvalue weighted by Gasteiger charge is 2.71. The molecule has 2 aliphatic heterocycles. The Kier molecular flexibility index (Phi) is 21.5. The maximum Gasteiger partial charge on any atom is 0.331 e. The van der Waals surface area contributed by atoms with Crippen molar-refractivity contribution in [3.63, 3.8) is 0 Å². The van der Waals surface area contributed by atoms with E-state index in [1.807, 2.05) is 19.9 Å². The number of carboxylic acid groups (broad SMARTS) is 1. The molecule has 0 aromatic carbocycles. The molecule has 6 rings (SSSR count). The van der Waals surface area contributed by atoms with Crippen molar-refractivity contribution < 1.29 is 91.1 Å². The number of carboxylic acids is 1. The van der Waals surface area contributed by atoms with Crippen molar-refractivity contribution in [3.8, 4) is 0 Å². The van der Waals surface area contributed by atoms with Gasteiger partial charge >= 0.3 is 41.8 Å². The number of hydrogen-bond acceptors (Lipinski definition) is 18. The Labute approximate surface area is 467 Å². The van der Waals surface area contributed by atoms with Crippen LogP contribution in [0.25, 0.3) is 0 Å². The van der Waals surface area contributed by atoms with Crippen LogP contribution >= 0.6 is 58.0 Å². The van der Waals surface area contributed by atoms with E-state index in [-0.39, 0.29) is 35.7 Å². The Balaban J connectivity index is 1.26. The van der Waals surface area contributed by atoms with Crippen LogP contribution < -0.4 is 0 Å². The summed E-state index contributed by atoms with van der Waals surface area (Å²) in [5.41, 5.74) is 0.507. The number of alkyl halides is 5. The quantitative estimate of drug-likeness (QED) is 0.0407. The van der Waals surface area contributed by atoms with E-state index in [4.69, 9.17) is 105 Å². The van der Waals surface area contributed by atoms with Crippen molar-refractivity contribution in [1.29, 1.82) is 0 Å². The summed E-state index contributed by atoms with van der Waals surface area (Å²) >= 11 is 28.9. The van der Waals surface area contributed by atoms with Crippen LogP contribution in [0.3, 0.4) is 0 Å². The van der Waals surface area contributed by atoms with Gasteiger partial charge in [0, 0.05) is 12.5 Å². The van der Waals surface area contributed by atoms with Gasteiger partial charge in [0.05, 0.1) is 12.2 Å². The lowest BCUT2D eigenvalue weighted by Crippen LogP contribution is -2.65. The number of hydrogen-bond donors (Lipinski definition) is 2. The fourth-order valence-corrected chi connectivity index (χ4v) is 13.9. The molecule has 0 spiro atoms. The number of fused-ring (bicyclic) bond motifs is 5. The minimum absolute atomic E-state index is 0.0492. The molecule has 1 saturated heterocycles. The first-order valence-corrected chi connectivity index (χ1v) is 28.1. The first-order valence-electron chi connectivity index (χ1n) is 25.4. The average Bonchev–Trinajstić information content (AvgIpc) is 3.64. The van der Waals surface area contributed by atoms with Crippen molar-refractivity contribution in [3.05, 3.63) is 34.9 Å². The number of ether oxygens (including phenoxy) is 10. The molecule has 0 aromatic rings. The highest BCUT2D eigenvalue weighted by atomic mass is 35.5. The molecule has 426 valence electrons. The van der Waals surface area contributed by atoms with Crippen LogP contribution in [0.5, 0.6) is 0 Å². The van der Waals surface area contributed by atoms with E-state index in [9.17, 15) is 43.8 Å². The zero-order chi connectivity index (χ0) is 56.0. The first kappa shape index (κ1) is 62.0. The van der Waals surface area contributed by atoms with Crippen molar-refractivity contribution in [2.75, 3.05) is 36.0 Å². The SMILES string of the molecule is CC(=O)O[C@H]1C[C@@]2(C)[C@@H](CC(O)C3[C@@]4(C)CC[C@@H](O[C@@H]5C=C[C@H](O[C@@H]6O[C@H](COC(=O)CCl)[C@@H](OC(=O)CCl)[C@H](OC(=O)CCl)[C@H]6OC(=O)CCl)[C@@H](OC(=O)CCl)O5)[C@@H](C)C4CC[C@@]32C)/C1=C(\CCC=C(C)C)C(=O)O. The number of aliphatic hydroxyl groups excluding tert-OH is 1. The van der Waals surface area contributed by atoms with Crippen molar-refractivity contribution in [1.82, 2.24) is 0 Å². The summed E-state index contributed by atoms with van der Waals surface area (Å²) in [6, 6.07) is 0. The molecular formula is C52H69Cl5O19. The fraction of sp³-hybridized carbons (Fsp3) is 0.750. The minimum atomic E-state index is -1.79. The molecule has 18 atom stereocenters. The van der Waals surface area contributed by atoms with Gasteiger partial charge in [0.25, 0.3) is 0 Å². The van der Waals surface area contributed by atoms with Gasteiger partial charge in [0.15, 0.2) is 30.9 Å². The van der Waals surface area contributed by atoms with Gasteiger partial charge in [-0.15, -0.1) is 58.0 Å². The standard InChI is InChI=1S/C52H69Cl5O19/c1-25(2)9-8-10-28(47(65)66)42-30-17-31(59)46-50(5)15-14-32(26(3)29(50)13-16-51(46,6)52(30,7)18-34(42)68-27(4)58)69-41-12-11-33(48(76-41)75-40(64)23-57)70-49-45(74-39(63)22-56)44(73-38(62)21-55)43(72-37(61)20-54)35(71-49)24-67-36(60)19-53/h9,11-12,26,29-35,41,43-46,48-49,59H,8,10,13-24H2,1-7H3,(H,65,66)/b42-28-/t26-,29?,30-,31?,32+,33-,34-,35+,41-,43+,44-,45+,46?,48-,49+,50-,51-,52-/m0/s1. The van der Waals surface area contributed by atoms with Crippen molar-refractivity contribution in [2.45, 2.75) is 168 Å². The smallest absolute Gasteiger partial charge is 0.331 e. The Morgan fingerprint density at radius 3 is 1.92 bits per heavy atom. The molecule has 5 fully saturated rings. The van der Waals surface area contributed by atoms with Gasteiger partial charge in [-0.05, 0) is 123 Å². The third-order valence-corrected chi connectivity index (χ3v) is 17.8.